The molecule has 1 unspecified atom stereocenters. The van der Waals surface area contributed by atoms with E-state index in [1.165, 1.54) is 0 Å². The van der Waals surface area contributed by atoms with Gasteiger partial charge in [-0.2, -0.15) is 0 Å². The van der Waals surface area contributed by atoms with Crippen LogP contribution in [-0.2, 0) is 14.3 Å². The molecule has 1 aromatic carbocycles. The first-order valence-electron chi connectivity index (χ1n) is 8.39. The molecule has 25 heavy (non-hydrogen) atoms. The van der Waals surface area contributed by atoms with E-state index in [2.05, 4.69) is 28.2 Å². The molecule has 7 heteroatoms. The van der Waals surface area contributed by atoms with Crippen molar-refractivity contribution in [2.75, 3.05) is 19.6 Å². The van der Waals surface area contributed by atoms with Crippen molar-refractivity contribution in [3.63, 3.8) is 0 Å². The molecule has 1 aliphatic rings. The minimum Gasteiger partial charge on any atom is -0.451 e. The van der Waals surface area contributed by atoms with Gasteiger partial charge in [0.15, 0.2) is 6.10 Å². The highest BCUT2D eigenvalue weighted by Gasteiger charge is 2.26. The van der Waals surface area contributed by atoms with E-state index in [-0.39, 0.29) is 18.4 Å². The summed E-state index contributed by atoms with van der Waals surface area (Å²) in [4.78, 5) is 37.8. The van der Waals surface area contributed by atoms with Gasteiger partial charge in [0.2, 0.25) is 0 Å². The van der Waals surface area contributed by atoms with Crippen LogP contribution in [-0.4, -0.2) is 48.4 Å². The topological polar surface area (TPSA) is 75.7 Å². The van der Waals surface area contributed by atoms with Gasteiger partial charge >= 0.3 is 5.97 Å². The van der Waals surface area contributed by atoms with E-state index >= 15 is 0 Å². The Morgan fingerprint density at radius 3 is 2.44 bits per heavy atom. The number of piperidine rings is 1. The van der Waals surface area contributed by atoms with E-state index in [1.807, 2.05) is 0 Å². The number of carbonyl (C=O) groups is 3. The van der Waals surface area contributed by atoms with Crippen LogP contribution in [0.15, 0.2) is 28.7 Å². The maximum atomic E-state index is 12.3. The zero-order valence-corrected chi connectivity index (χ0v) is 16.0. The third kappa shape index (κ3) is 5.85. The molecule has 0 aliphatic carbocycles. The summed E-state index contributed by atoms with van der Waals surface area (Å²) in [5, 5.41) is 2.49. The number of likely N-dealkylation sites (tertiary alicyclic amines) is 1. The van der Waals surface area contributed by atoms with Gasteiger partial charge in [-0.25, -0.2) is 0 Å². The standard InChI is InChI=1S/C18H23BrN2O4/c1-12-7-9-21(10-8-12)18(24)13(2)25-16(22)11-20-17(23)14-3-5-15(19)6-4-14/h3-6,12-13H,7-11H2,1-2H3,(H,20,23). The zero-order chi connectivity index (χ0) is 18.4. The molecule has 0 aromatic heterocycles. The molecule has 0 bridgehead atoms. The van der Waals surface area contributed by atoms with E-state index in [4.69, 9.17) is 4.74 Å². The molecule has 6 nitrogen and oxygen atoms in total. The third-order valence-corrected chi connectivity index (χ3v) is 4.78. The molecule has 1 heterocycles. The highest BCUT2D eigenvalue weighted by Crippen LogP contribution is 2.17. The molecule has 1 atom stereocenters. The first-order chi connectivity index (χ1) is 11.9. The van der Waals surface area contributed by atoms with Crippen molar-refractivity contribution in [2.24, 2.45) is 5.92 Å². The van der Waals surface area contributed by atoms with E-state index in [0.29, 0.717) is 24.6 Å². The van der Waals surface area contributed by atoms with Gasteiger partial charge in [-0.05, 0) is 49.9 Å². The summed E-state index contributed by atoms with van der Waals surface area (Å²) < 4.78 is 6.01. The zero-order valence-electron chi connectivity index (χ0n) is 14.5. The summed E-state index contributed by atoms with van der Waals surface area (Å²) in [6.45, 7) is 4.85. The Labute approximate surface area is 156 Å². The Bertz CT molecular complexity index is 624. The van der Waals surface area contributed by atoms with E-state index < -0.39 is 12.1 Å². The van der Waals surface area contributed by atoms with Crippen LogP contribution in [0.3, 0.4) is 0 Å². The van der Waals surface area contributed by atoms with Crippen LogP contribution in [0.25, 0.3) is 0 Å². The summed E-state index contributed by atoms with van der Waals surface area (Å²) in [7, 11) is 0. The molecule has 1 aliphatic heterocycles. The lowest BCUT2D eigenvalue weighted by Crippen LogP contribution is -2.44. The van der Waals surface area contributed by atoms with Crippen LogP contribution < -0.4 is 5.32 Å². The summed E-state index contributed by atoms with van der Waals surface area (Å²) in [5.41, 5.74) is 0.447. The average molecular weight is 411 g/mol. The van der Waals surface area contributed by atoms with Crippen molar-refractivity contribution < 1.29 is 19.1 Å². The van der Waals surface area contributed by atoms with Crippen LogP contribution in [0.5, 0.6) is 0 Å². The smallest absolute Gasteiger partial charge is 0.326 e. The maximum Gasteiger partial charge on any atom is 0.326 e. The number of rotatable bonds is 5. The first kappa shape index (κ1) is 19.4. The van der Waals surface area contributed by atoms with Gasteiger partial charge < -0.3 is 15.0 Å². The molecule has 1 N–H and O–H groups in total. The molecular formula is C18H23BrN2O4. The Morgan fingerprint density at radius 2 is 1.84 bits per heavy atom. The predicted molar refractivity (Wildman–Crippen MR) is 97.0 cm³/mol. The van der Waals surface area contributed by atoms with Gasteiger partial charge in [-0.3, -0.25) is 14.4 Å². The van der Waals surface area contributed by atoms with Crippen LogP contribution in [0.2, 0.25) is 0 Å². The SMILES string of the molecule is CC1CCN(C(=O)C(C)OC(=O)CNC(=O)c2ccc(Br)cc2)CC1. The molecule has 0 spiro atoms. The van der Waals surface area contributed by atoms with Gasteiger partial charge in [-0.15, -0.1) is 0 Å². The third-order valence-electron chi connectivity index (χ3n) is 4.25. The number of halogens is 1. The number of hydrogen-bond acceptors (Lipinski definition) is 4. The van der Waals surface area contributed by atoms with Crippen molar-refractivity contribution in [3.8, 4) is 0 Å². The maximum absolute atomic E-state index is 12.3. The Balaban J connectivity index is 1.76. The Kier molecular flexibility index (Phi) is 6.99. The molecule has 1 saturated heterocycles. The molecule has 1 aromatic rings. The molecular weight excluding hydrogens is 388 g/mol. The number of ether oxygens (including phenoxy) is 1. The fraction of sp³-hybridized carbons (Fsp3) is 0.500. The average Bonchev–Trinajstić information content (AvgIpc) is 2.60. The number of nitrogens with zero attached hydrogens (tertiary/aromatic N) is 1. The number of benzene rings is 1. The van der Waals surface area contributed by atoms with Gasteiger partial charge in [0.1, 0.15) is 6.54 Å². The second kappa shape index (κ2) is 8.99. The van der Waals surface area contributed by atoms with Gasteiger partial charge in [0, 0.05) is 23.1 Å². The monoisotopic (exact) mass is 410 g/mol. The number of hydrogen-bond donors (Lipinski definition) is 1. The molecule has 136 valence electrons. The van der Waals surface area contributed by atoms with E-state index in [0.717, 1.165) is 17.3 Å². The normalized spacial score (nSPS) is 16.2. The van der Waals surface area contributed by atoms with Crippen molar-refractivity contribution in [1.82, 2.24) is 10.2 Å². The van der Waals surface area contributed by atoms with Crippen LogP contribution >= 0.6 is 15.9 Å². The van der Waals surface area contributed by atoms with Crippen LogP contribution in [0, 0.1) is 5.92 Å². The van der Waals surface area contributed by atoms with Gasteiger partial charge in [0.25, 0.3) is 11.8 Å². The van der Waals surface area contributed by atoms with Gasteiger partial charge in [0.05, 0.1) is 0 Å². The molecule has 0 radical (unpaired) electrons. The molecule has 2 amide bonds. The summed E-state index contributed by atoms with van der Waals surface area (Å²) in [6.07, 6.45) is 1.09. The second-order valence-electron chi connectivity index (χ2n) is 6.33. The minimum atomic E-state index is -0.842. The lowest BCUT2D eigenvalue weighted by Gasteiger charge is -2.31. The summed E-state index contributed by atoms with van der Waals surface area (Å²) in [6, 6.07) is 6.78. The van der Waals surface area contributed by atoms with Crippen molar-refractivity contribution in [3.05, 3.63) is 34.3 Å². The van der Waals surface area contributed by atoms with Crippen LogP contribution in [0.4, 0.5) is 0 Å². The summed E-state index contributed by atoms with van der Waals surface area (Å²) in [5.74, 6) is -0.555. The fourth-order valence-electron chi connectivity index (χ4n) is 2.63. The number of carbonyl (C=O) groups excluding carboxylic acids is 3. The fourth-order valence-corrected chi connectivity index (χ4v) is 2.90. The Morgan fingerprint density at radius 1 is 1.24 bits per heavy atom. The highest BCUT2D eigenvalue weighted by atomic mass is 79.9. The van der Waals surface area contributed by atoms with Crippen molar-refractivity contribution in [2.45, 2.75) is 32.8 Å². The Hall–Kier alpha value is -1.89. The predicted octanol–water partition coefficient (Wildman–Crippen LogP) is 2.37. The van der Waals surface area contributed by atoms with E-state index in [9.17, 15) is 14.4 Å². The second-order valence-corrected chi connectivity index (χ2v) is 7.25. The van der Waals surface area contributed by atoms with E-state index in [1.54, 1.807) is 36.1 Å². The molecule has 2 rings (SSSR count). The molecule has 0 saturated carbocycles. The highest BCUT2D eigenvalue weighted by molar-refractivity contribution is 9.10. The number of amides is 2. The van der Waals surface area contributed by atoms with Crippen molar-refractivity contribution in [1.29, 1.82) is 0 Å². The number of nitrogens with one attached hydrogen (secondary N) is 1. The summed E-state index contributed by atoms with van der Waals surface area (Å²) >= 11 is 3.29. The number of esters is 1. The minimum absolute atomic E-state index is 0.181. The van der Waals surface area contributed by atoms with Crippen LogP contribution in [0.1, 0.15) is 37.0 Å². The lowest BCUT2D eigenvalue weighted by molar-refractivity contribution is -0.158. The van der Waals surface area contributed by atoms with Crippen molar-refractivity contribution >= 4 is 33.7 Å². The first-order valence-corrected chi connectivity index (χ1v) is 9.18. The largest absolute Gasteiger partial charge is 0.451 e. The molecule has 1 fully saturated rings. The lowest BCUT2D eigenvalue weighted by atomic mass is 9.99. The van der Waals surface area contributed by atoms with Gasteiger partial charge in [-0.1, -0.05) is 22.9 Å². The quantitative estimate of drug-likeness (QED) is 0.755.